The van der Waals surface area contributed by atoms with Crippen LogP contribution in [0, 0.1) is 12.7 Å². The van der Waals surface area contributed by atoms with Gasteiger partial charge >= 0.3 is 0 Å². The number of carbonyl (C=O) groups excluding carboxylic acids is 2. The normalized spacial score (nSPS) is 10.8. The summed E-state index contributed by atoms with van der Waals surface area (Å²) >= 11 is 6.24. The number of pyridine rings is 1. The van der Waals surface area contributed by atoms with Gasteiger partial charge in [-0.05, 0) is 43.3 Å². The van der Waals surface area contributed by atoms with Crippen LogP contribution in [0.5, 0.6) is 0 Å². The molecule has 38 heavy (non-hydrogen) atoms. The predicted octanol–water partition coefficient (Wildman–Crippen LogP) is 4.34. The lowest BCUT2D eigenvalue weighted by molar-refractivity contribution is 0.0943. The van der Waals surface area contributed by atoms with E-state index in [4.69, 9.17) is 11.6 Å². The van der Waals surface area contributed by atoms with E-state index in [0.717, 1.165) is 6.07 Å². The van der Waals surface area contributed by atoms with Gasteiger partial charge in [-0.2, -0.15) is 10.2 Å². The second kappa shape index (κ2) is 10.6. The number of benzene rings is 2. The molecule has 5 aromatic rings. The molecule has 0 fully saturated rings. The Balaban J connectivity index is 1.45. The number of carbonyl (C=O) groups is 2. The number of hydrogen-bond acceptors (Lipinski definition) is 6. The number of nitrogens with zero attached hydrogens (tertiary/aromatic N) is 5. The van der Waals surface area contributed by atoms with Gasteiger partial charge in [0.1, 0.15) is 17.5 Å². The molecule has 0 radical (unpaired) electrons. The van der Waals surface area contributed by atoms with E-state index in [1.165, 1.54) is 23.0 Å². The Labute approximate surface area is 220 Å². The summed E-state index contributed by atoms with van der Waals surface area (Å²) in [5.74, 6) is -0.470. The third-order valence-corrected chi connectivity index (χ3v) is 5.79. The molecule has 10 nitrogen and oxygen atoms in total. The first-order chi connectivity index (χ1) is 18.4. The number of aryl methyl sites for hydroxylation is 1. The maximum absolute atomic E-state index is 14.7. The number of nitrogens with one attached hydrogen (secondary N) is 3. The van der Waals surface area contributed by atoms with Crippen LogP contribution in [0.25, 0.3) is 16.9 Å². The molecule has 190 valence electrons. The van der Waals surface area contributed by atoms with Crippen molar-refractivity contribution in [3.05, 3.63) is 107 Å². The van der Waals surface area contributed by atoms with Crippen molar-refractivity contribution in [1.82, 2.24) is 35.3 Å². The number of rotatable bonds is 7. The Morgan fingerprint density at radius 1 is 1.05 bits per heavy atom. The van der Waals surface area contributed by atoms with Gasteiger partial charge in [-0.1, -0.05) is 35.9 Å². The van der Waals surface area contributed by atoms with Crippen LogP contribution < -0.4 is 10.6 Å². The van der Waals surface area contributed by atoms with Gasteiger partial charge in [-0.15, -0.1) is 0 Å². The lowest BCUT2D eigenvalue weighted by Crippen LogP contribution is -2.24. The molecular weight excluding hydrogens is 511 g/mol. The number of amides is 2. The Hall–Kier alpha value is -4.90. The molecule has 3 heterocycles. The lowest BCUT2D eigenvalue weighted by Gasteiger charge is -2.11. The summed E-state index contributed by atoms with van der Waals surface area (Å²) in [4.78, 5) is 34.5. The summed E-state index contributed by atoms with van der Waals surface area (Å²) < 4.78 is 16.1. The van der Waals surface area contributed by atoms with Crippen molar-refractivity contribution in [2.24, 2.45) is 0 Å². The molecule has 0 saturated carbocycles. The lowest BCUT2D eigenvalue weighted by atomic mass is 10.1. The molecule has 0 aliphatic heterocycles. The number of aromatic amines is 1. The van der Waals surface area contributed by atoms with Gasteiger partial charge in [0.05, 0.1) is 28.5 Å². The standard InChI is InChI=1S/C26H20ClFN8O2/c1-15-31-23(34-33-15)14-30-26(38)22-13-24(36(35-22)16-7-3-2-4-8-16)32-25(37)17-11-18(20(28)12-19(17)27)21-9-5-6-10-29-21/h2-13H,14H2,1H3,(H,30,38)(H,32,37)(H,31,33,34). The minimum Gasteiger partial charge on any atom is -0.343 e. The van der Waals surface area contributed by atoms with Crippen molar-refractivity contribution in [1.29, 1.82) is 0 Å². The van der Waals surface area contributed by atoms with Gasteiger partial charge in [0.15, 0.2) is 11.5 Å². The highest BCUT2D eigenvalue weighted by Crippen LogP contribution is 2.28. The van der Waals surface area contributed by atoms with Crippen LogP contribution in [0.15, 0.2) is 72.9 Å². The zero-order valence-corrected chi connectivity index (χ0v) is 20.7. The number of hydrogen-bond donors (Lipinski definition) is 3. The first kappa shape index (κ1) is 24.8. The van der Waals surface area contributed by atoms with E-state index in [1.807, 2.05) is 6.07 Å². The van der Waals surface area contributed by atoms with Crippen LogP contribution in [-0.4, -0.2) is 41.8 Å². The van der Waals surface area contributed by atoms with Crippen molar-refractivity contribution >= 4 is 29.2 Å². The topological polar surface area (TPSA) is 130 Å². The SMILES string of the molecule is Cc1nc(CNC(=O)c2cc(NC(=O)c3cc(-c4ccccn4)c(F)cc3Cl)n(-c3ccccc3)n2)n[nH]1. The molecule has 3 aromatic heterocycles. The zero-order valence-electron chi connectivity index (χ0n) is 19.9. The number of para-hydroxylation sites is 1. The van der Waals surface area contributed by atoms with Crippen molar-refractivity contribution < 1.29 is 14.0 Å². The number of anilines is 1. The summed E-state index contributed by atoms with van der Waals surface area (Å²) in [6, 6.07) is 17.8. The molecule has 0 atom stereocenters. The highest BCUT2D eigenvalue weighted by atomic mass is 35.5. The predicted molar refractivity (Wildman–Crippen MR) is 138 cm³/mol. The van der Waals surface area contributed by atoms with Gasteiger partial charge < -0.3 is 10.6 Å². The smallest absolute Gasteiger partial charge is 0.272 e. The van der Waals surface area contributed by atoms with Gasteiger partial charge in [0, 0.05) is 17.8 Å². The van der Waals surface area contributed by atoms with Gasteiger partial charge in [0.2, 0.25) is 0 Å². The third kappa shape index (κ3) is 5.27. The Morgan fingerprint density at radius 2 is 1.84 bits per heavy atom. The molecule has 2 amide bonds. The van der Waals surface area contributed by atoms with E-state index in [-0.39, 0.29) is 34.2 Å². The van der Waals surface area contributed by atoms with Crippen molar-refractivity contribution in [3.63, 3.8) is 0 Å². The number of aromatic nitrogens is 6. The summed E-state index contributed by atoms with van der Waals surface area (Å²) in [5, 5.41) is 16.5. The monoisotopic (exact) mass is 530 g/mol. The van der Waals surface area contributed by atoms with Crippen molar-refractivity contribution in [2.75, 3.05) is 5.32 Å². The zero-order chi connectivity index (χ0) is 26.6. The third-order valence-electron chi connectivity index (χ3n) is 5.48. The molecule has 2 aromatic carbocycles. The summed E-state index contributed by atoms with van der Waals surface area (Å²) in [5.41, 5.74) is 1.16. The summed E-state index contributed by atoms with van der Waals surface area (Å²) in [6.45, 7) is 1.84. The Kier molecular flexibility index (Phi) is 6.92. The van der Waals surface area contributed by atoms with E-state index >= 15 is 0 Å². The molecule has 0 aliphatic rings. The molecule has 12 heteroatoms. The molecule has 3 N–H and O–H groups in total. The first-order valence-corrected chi connectivity index (χ1v) is 11.8. The number of halogens is 2. The molecule has 0 unspecified atom stereocenters. The van der Waals surface area contributed by atoms with Crippen LogP contribution in [0.1, 0.15) is 32.5 Å². The van der Waals surface area contributed by atoms with Crippen molar-refractivity contribution in [2.45, 2.75) is 13.5 Å². The van der Waals surface area contributed by atoms with E-state index in [0.29, 0.717) is 23.0 Å². The van der Waals surface area contributed by atoms with Crippen LogP contribution in [0.2, 0.25) is 5.02 Å². The maximum atomic E-state index is 14.7. The second-order valence-electron chi connectivity index (χ2n) is 8.16. The van der Waals surface area contributed by atoms with Crippen LogP contribution >= 0.6 is 11.6 Å². The fourth-order valence-corrected chi connectivity index (χ4v) is 3.93. The summed E-state index contributed by atoms with van der Waals surface area (Å²) in [6.07, 6.45) is 1.53. The molecule has 0 spiro atoms. The van der Waals surface area contributed by atoms with E-state index in [2.05, 4.69) is 35.9 Å². The quantitative estimate of drug-likeness (QED) is 0.287. The Morgan fingerprint density at radius 3 is 2.55 bits per heavy atom. The van der Waals surface area contributed by atoms with E-state index < -0.39 is 17.6 Å². The Bertz CT molecular complexity index is 1620. The van der Waals surface area contributed by atoms with Crippen LogP contribution in [-0.2, 0) is 6.54 Å². The first-order valence-electron chi connectivity index (χ1n) is 11.4. The fourth-order valence-electron chi connectivity index (χ4n) is 3.69. The van der Waals surface area contributed by atoms with E-state index in [9.17, 15) is 14.0 Å². The average Bonchev–Trinajstić information content (AvgIpc) is 3.54. The average molecular weight is 531 g/mol. The molecular formula is C26H20ClFN8O2. The van der Waals surface area contributed by atoms with Crippen LogP contribution in [0.4, 0.5) is 10.2 Å². The largest absolute Gasteiger partial charge is 0.343 e. The maximum Gasteiger partial charge on any atom is 0.272 e. The second-order valence-corrected chi connectivity index (χ2v) is 8.57. The fraction of sp³-hybridized carbons (Fsp3) is 0.0769. The molecule has 0 saturated heterocycles. The molecule has 5 rings (SSSR count). The highest BCUT2D eigenvalue weighted by Gasteiger charge is 2.21. The number of H-pyrrole nitrogens is 1. The highest BCUT2D eigenvalue weighted by molar-refractivity contribution is 6.34. The minimum absolute atomic E-state index is 0.0282. The molecule has 0 aliphatic carbocycles. The van der Waals surface area contributed by atoms with Crippen molar-refractivity contribution in [3.8, 4) is 16.9 Å². The van der Waals surface area contributed by atoms with Gasteiger partial charge in [-0.3, -0.25) is 19.7 Å². The van der Waals surface area contributed by atoms with Gasteiger partial charge in [0.25, 0.3) is 11.8 Å². The van der Waals surface area contributed by atoms with E-state index in [1.54, 1.807) is 49.4 Å². The molecule has 0 bridgehead atoms. The summed E-state index contributed by atoms with van der Waals surface area (Å²) in [7, 11) is 0. The minimum atomic E-state index is -0.618. The van der Waals surface area contributed by atoms with Gasteiger partial charge in [-0.25, -0.2) is 14.1 Å². The van der Waals surface area contributed by atoms with Crippen LogP contribution in [0.3, 0.4) is 0 Å².